The summed E-state index contributed by atoms with van der Waals surface area (Å²) in [5, 5.41) is 6.20. The molecule has 2 aliphatic rings. The van der Waals surface area contributed by atoms with Gasteiger partial charge in [0.25, 0.3) is 0 Å². The molecule has 1 atom stereocenters. The zero-order valence-corrected chi connectivity index (χ0v) is 14.6. The molecule has 1 amide bonds. The van der Waals surface area contributed by atoms with E-state index >= 15 is 0 Å². The summed E-state index contributed by atoms with van der Waals surface area (Å²) < 4.78 is 16.2. The molecule has 1 aromatic rings. The minimum atomic E-state index is 0. The average molecular weight is 358 g/mol. The van der Waals surface area contributed by atoms with Crippen molar-refractivity contribution in [1.82, 2.24) is 15.5 Å². The van der Waals surface area contributed by atoms with Crippen LogP contribution in [0.2, 0.25) is 0 Å². The summed E-state index contributed by atoms with van der Waals surface area (Å²) in [6, 6.07) is 5.84. The van der Waals surface area contributed by atoms with Crippen LogP contribution in [-0.2, 0) is 4.79 Å². The summed E-state index contributed by atoms with van der Waals surface area (Å²) >= 11 is 0. The van der Waals surface area contributed by atoms with Crippen molar-refractivity contribution in [2.45, 2.75) is 13.0 Å². The molecule has 134 valence electrons. The van der Waals surface area contributed by atoms with Gasteiger partial charge in [-0.2, -0.15) is 0 Å². The van der Waals surface area contributed by atoms with Crippen molar-refractivity contribution >= 4 is 18.3 Å². The number of rotatable bonds is 6. The number of nitrogens with one attached hydrogen (secondary N) is 2. The molecular formula is C16H24ClN3O4. The first-order valence-electron chi connectivity index (χ1n) is 7.96. The minimum absolute atomic E-state index is 0. The molecule has 1 fully saturated rings. The fraction of sp³-hybridized carbons (Fsp3) is 0.562. The second-order valence-corrected chi connectivity index (χ2v) is 5.74. The van der Waals surface area contributed by atoms with Gasteiger partial charge in [-0.15, -0.1) is 12.4 Å². The molecule has 1 aromatic carbocycles. The molecule has 0 bridgehead atoms. The third-order valence-electron chi connectivity index (χ3n) is 4.02. The number of piperazine rings is 1. The van der Waals surface area contributed by atoms with Gasteiger partial charge in [0.15, 0.2) is 11.5 Å². The van der Waals surface area contributed by atoms with Crippen LogP contribution in [0.5, 0.6) is 17.2 Å². The zero-order valence-electron chi connectivity index (χ0n) is 13.7. The number of benzene rings is 1. The first-order chi connectivity index (χ1) is 11.2. The number of ether oxygens (including phenoxy) is 3. The van der Waals surface area contributed by atoms with E-state index in [1.165, 1.54) is 0 Å². The Bertz CT molecular complexity index is 558. The third-order valence-corrected chi connectivity index (χ3v) is 4.02. The highest BCUT2D eigenvalue weighted by Crippen LogP contribution is 2.34. The van der Waals surface area contributed by atoms with E-state index in [-0.39, 0.29) is 25.1 Å². The standard InChI is InChI=1S/C16H23N3O4.ClH/c1-12-9-17-4-6-19(12)10-16(20)18-5-7-21-13-2-3-14-15(8-13)23-11-22-14;/h2-3,8,12,17H,4-7,9-11H2,1H3,(H,18,20);1H/t12-;/m0./s1. The number of amides is 1. The van der Waals surface area contributed by atoms with Gasteiger partial charge < -0.3 is 24.8 Å². The molecule has 0 aliphatic carbocycles. The van der Waals surface area contributed by atoms with Crippen molar-refractivity contribution in [2.24, 2.45) is 0 Å². The molecule has 2 heterocycles. The molecule has 7 nitrogen and oxygen atoms in total. The smallest absolute Gasteiger partial charge is 0.234 e. The molecule has 24 heavy (non-hydrogen) atoms. The zero-order chi connectivity index (χ0) is 16.1. The van der Waals surface area contributed by atoms with E-state index in [0.29, 0.717) is 37.2 Å². The van der Waals surface area contributed by atoms with Crippen molar-refractivity contribution in [3.05, 3.63) is 18.2 Å². The van der Waals surface area contributed by atoms with Crippen LogP contribution >= 0.6 is 12.4 Å². The van der Waals surface area contributed by atoms with Crippen LogP contribution in [0.3, 0.4) is 0 Å². The number of fused-ring (bicyclic) bond motifs is 1. The second kappa shape index (κ2) is 8.96. The van der Waals surface area contributed by atoms with E-state index in [0.717, 1.165) is 25.4 Å². The van der Waals surface area contributed by atoms with Crippen LogP contribution in [0.4, 0.5) is 0 Å². The van der Waals surface area contributed by atoms with E-state index in [1.54, 1.807) is 6.07 Å². The average Bonchev–Trinajstić information content (AvgIpc) is 3.01. The fourth-order valence-electron chi connectivity index (χ4n) is 2.68. The van der Waals surface area contributed by atoms with E-state index in [2.05, 4.69) is 22.5 Å². The molecule has 2 N–H and O–H groups in total. The van der Waals surface area contributed by atoms with Gasteiger partial charge in [-0.25, -0.2) is 0 Å². The Kier molecular flexibility index (Phi) is 6.96. The van der Waals surface area contributed by atoms with Crippen LogP contribution in [0.15, 0.2) is 18.2 Å². The number of nitrogens with zero attached hydrogens (tertiary/aromatic N) is 1. The Morgan fingerprint density at radius 1 is 1.42 bits per heavy atom. The van der Waals surface area contributed by atoms with Gasteiger partial charge in [0.1, 0.15) is 12.4 Å². The molecule has 0 unspecified atom stereocenters. The number of carbonyl (C=O) groups excluding carboxylic acids is 1. The first kappa shape index (κ1) is 18.6. The Morgan fingerprint density at radius 3 is 3.08 bits per heavy atom. The lowest BCUT2D eigenvalue weighted by atomic mass is 10.2. The van der Waals surface area contributed by atoms with Gasteiger partial charge in [0, 0.05) is 31.7 Å². The van der Waals surface area contributed by atoms with Gasteiger partial charge in [0.05, 0.1) is 13.1 Å². The van der Waals surface area contributed by atoms with E-state index in [4.69, 9.17) is 14.2 Å². The Morgan fingerprint density at radius 2 is 2.25 bits per heavy atom. The molecular weight excluding hydrogens is 334 g/mol. The normalized spacial score (nSPS) is 19.5. The molecule has 1 saturated heterocycles. The van der Waals surface area contributed by atoms with Crippen LogP contribution in [0.25, 0.3) is 0 Å². The van der Waals surface area contributed by atoms with Gasteiger partial charge in [-0.05, 0) is 19.1 Å². The van der Waals surface area contributed by atoms with E-state index < -0.39 is 0 Å². The van der Waals surface area contributed by atoms with Gasteiger partial charge in [-0.3, -0.25) is 9.69 Å². The maximum Gasteiger partial charge on any atom is 0.234 e. The number of hydrogen-bond donors (Lipinski definition) is 2. The lowest BCUT2D eigenvalue weighted by Gasteiger charge is -2.33. The Labute approximate surface area is 148 Å². The number of carbonyl (C=O) groups is 1. The largest absolute Gasteiger partial charge is 0.492 e. The predicted molar refractivity (Wildman–Crippen MR) is 92.2 cm³/mol. The highest BCUT2D eigenvalue weighted by molar-refractivity contribution is 5.85. The topological polar surface area (TPSA) is 72.1 Å². The summed E-state index contributed by atoms with van der Waals surface area (Å²) in [4.78, 5) is 14.1. The van der Waals surface area contributed by atoms with Crippen molar-refractivity contribution in [2.75, 3.05) is 46.1 Å². The first-order valence-corrected chi connectivity index (χ1v) is 7.96. The van der Waals surface area contributed by atoms with Crippen LogP contribution < -0.4 is 24.8 Å². The van der Waals surface area contributed by atoms with Crippen LogP contribution in [-0.4, -0.2) is 63.0 Å². The predicted octanol–water partition coefficient (Wildman–Crippen LogP) is 0.626. The molecule has 0 spiro atoms. The molecule has 0 radical (unpaired) electrons. The highest BCUT2D eigenvalue weighted by atomic mass is 35.5. The van der Waals surface area contributed by atoms with Gasteiger partial charge in [0.2, 0.25) is 12.7 Å². The third kappa shape index (κ3) is 4.90. The lowest BCUT2D eigenvalue weighted by Crippen LogP contribution is -2.52. The van der Waals surface area contributed by atoms with Crippen LogP contribution in [0, 0.1) is 0 Å². The molecule has 0 aromatic heterocycles. The van der Waals surface area contributed by atoms with Gasteiger partial charge in [-0.1, -0.05) is 0 Å². The SMILES string of the molecule is C[C@H]1CNCCN1CC(=O)NCCOc1ccc2c(c1)OCO2.Cl. The van der Waals surface area contributed by atoms with Crippen molar-refractivity contribution in [1.29, 1.82) is 0 Å². The Hall–Kier alpha value is -1.70. The molecule has 0 saturated carbocycles. The summed E-state index contributed by atoms with van der Waals surface area (Å²) in [5.74, 6) is 2.17. The van der Waals surface area contributed by atoms with Crippen molar-refractivity contribution in [3.8, 4) is 17.2 Å². The highest BCUT2D eigenvalue weighted by Gasteiger charge is 2.20. The molecule has 3 rings (SSSR count). The maximum absolute atomic E-state index is 12.0. The molecule has 2 aliphatic heterocycles. The minimum Gasteiger partial charge on any atom is -0.492 e. The number of halogens is 1. The Balaban J connectivity index is 0.00000208. The van der Waals surface area contributed by atoms with Crippen molar-refractivity contribution in [3.63, 3.8) is 0 Å². The quantitative estimate of drug-likeness (QED) is 0.727. The lowest BCUT2D eigenvalue weighted by molar-refractivity contribution is -0.123. The number of hydrogen-bond acceptors (Lipinski definition) is 6. The summed E-state index contributed by atoms with van der Waals surface area (Å²) in [5.41, 5.74) is 0. The summed E-state index contributed by atoms with van der Waals surface area (Å²) in [7, 11) is 0. The van der Waals surface area contributed by atoms with Crippen molar-refractivity contribution < 1.29 is 19.0 Å². The van der Waals surface area contributed by atoms with E-state index in [9.17, 15) is 4.79 Å². The maximum atomic E-state index is 12.0. The molecule has 8 heteroatoms. The van der Waals surface area contributed by atoms with Gasteiger partial charge >= 0.3 is 0 Å². The monoisotopic (exact) mass is 357 g/mol. The van der Waals surface area contributed by atoms with Crippen LogP contribution in [0.1, 0.15) is 6.92 Å². The fourth-order valence-corrected chi connectivity index (χ4v) is 2.68. The van der Waals surface area contributed by atoms with E-state index in [1.807, 2.05) is 12.1 Å². The summed E-state index contributed by atoms with van der Waals surface area (Å²) in [6.07, 6.45) is 0. The summed E-state index contributed by atoms with van der Waals surface area (Å²) in [6.45, 7) is 6.48. The second-order valence-electron chi connectivity index (χ2n) is 5.74.